The fraction of sp³-hybridized carbons (Fsp3) is 0.0769. The minimum atomic E-state index is -0.427. The van der Waals surface area contributed by atoms with Gasteiger partial charge in [0.15, 0.2) is 0 Å². The Morgan fingerprint density at radius 3 is 2.86 bits per heavy atom. The molecule has 0 unspecified atom stereocenters. The summed E-state index contributed by atoms with van der Waals surface area (Å²) in [6.45, 7) is 0.426. The molecule has 8 heteroatoms. The Hall–Kier alpha value is -2.25. The van der Waals surface area contributed by atoms with Gasteiger partial charge >= 0.3 is 0 Å². The van der Waals surface area contributed by atoms with Gasteiger partial charge in [-0.2, -0.15) is 5.10 Å². The molecule has 1 aromatic carbocycles. The average molecular weight is 320 g/mol. The second-order valence-electron chi connectivity index (χ2n) is 4.15. The van der Waals surface area contributed by atoms with Crippen LogP contribution in [0.3, 0.4) is 0 Å². The van der Waals surface area contributed by atoms with Crippen molar-refractivity contribution >= 4 is 28.6 Å². The Morgan fingerprint density at radius 2 is 2.05 bits per heavy atom. The molecule has 0 saturated heterocycles. The highest BCUT2D eigenvalue weighted by atomic mass is 35.5. The lowest BCUT2D eigenvalue weighted by Crippen LogP contribution is -2.11. The van der Waals surface area contributed by atoms with Crippen molar-refractivity contribution in [3.8, 4) is 10.6 Å². The van der Waals surface area contributed by atoms with Crippen molar-refractivity contribution in [2.45, 2.75) is 6.54 Å². The maximum Gasteiger partial charge on any atom is 0.285 e. The Kier molecular flexibility index (Phi) is 3.94. The van der Waals surface area contributed by atoms with Crippen LogP contribution in [0.5, 0.6) is 0 Å². The van der Waals surface area contributed by atoms with E-state index in [0.29, 0.717) is 12.2 Å². The third kappa shape index (κ3) is 3.09. The number of H-pyrrole nitrogens is 1. The molecule has 0 bridgehead atoms. The molecule has 6 nitrogen and oxygen atoms in total. The highest BCUT2D eigenvalue weighted by Gasteiger charge is 2.08. The number of rotatable bonds is 4. The summed E-state index contributed by atoms with van der Waals surface area (Å²) in [6, 6.07) is 9.83. The number of anilines is 1. The molecular formula is C13H10ClN5OS. The quantitative estimate of drug-likeness (QED) is 0.772. The summed E-state index contributed by atoms with van der Waals surface area (Å²) in [7, 11) is 0. The summed E-state index contributed by atoms with van der Waals surface area (Å²) in [6.07, 6.45) is 1.46. The molecule has 0 atom stereocenters. The Morgan fingerprint density at radius 1 is 1.24 bits per heavy atom. The third-order valence-corrected chi connectivity index (χ3v) is 4.06. The SMILES string of the molecule is O=c1[nH]ncc(NCc2nnc(-c3ccccc3)s2)c1Cl. The summed E-state index contributed by atoms with van der Waals surface area (Å²) >= 11 is 7.36. The van der Waals surface area contributed by atoms with E-state index in [1.54, 1.807) is 0 Å². The van der Waals surface area contributed by atoms with E-state index in [1.165, 1.54) is 17.5 Å². The van der Waals surface area contributed by atoms with Crippen molar-refractivity contribution in [3.05, 3.63) is 56.9 Å². The molecule has 0 fully saturated rings. The van der Waals surface area contributed by atoms with Crippen LogP contribution in [-0.2, 0) is 6.54 Å². The van der Waals surface area contributed by atoms with E-state index in [4.69, 9.17) is 11.6 Å². The lowest BCUT2D eigenvalue weighted by molar-refractivity contribution is 0.965. The van der Waals surface area contributed by atoms with E-state index in [9.17, 15) is 4.79 Å². The van der Waals surface area contributed by atoms with Crippen LogP contribution in [0, 0.1) is 0 Å². The summed E-state index contributed by atoms with van der Waals surface area (Å²) in [5.74, 6) is 0. The molecule has 2 aromatic heterocycles. The Balaban J connectivity index is 1.74. The van der Waals surface area contributed by atoms with E-state index >= 15 is 0 Å². The van der Waals surface area contributed by atoms with E-state index < -0.39 is 5.56 Å². The van der Waals surface area contributed by atoms with Gasteiger partial charge in [-0.3, -0.25) is 4.79 Å². The van der Waals surface area contributed by atoms with Gasteiger partial charge < -0.3 is 5.32 Å². The molecule has 0 spiro atoms. The molecule has 0 aliphatic rings. The van der Waals surface area contributed by atoms with Gasteiger partial charge in [-0.25, -0.2) is 5.10 Å². The number of hydrogen-bond donors (Lipinski definition) is 2. The predicted molar refractivity (Wildman–Crippen MR) is 82.5 cm³/mol. The summed E-state index contributed by atoms with van der Waals surface area (Å²) < 4.78 is 0. The van der Waals surface area contributed by atoms with Crippen molar-refractivity contribution in [2.24, 2.45) is 0 Å². The summed E-state index contributed by atoms with van der Waals surface area (Å²) in [5, 5.41) is 19.0. The lowest BCUT2D eigenvalue weighted by atomic mass is 10.2. The van der Waals surface area contributed by atoms with Crippen LogP contribution in [0.15, 0.2) is 41.3 Å². The number of aromatic nitrogens is 4. The number of nitrogens with zero attached hydrogens (tertiary/aromatic N) is 3. The standard InChI is InChI=1S/C13H10ClN5OS/c14-11-9(6-16-18-12(11)20)15-7-10-17-19-13(21-10)8-4-2-1-3-5-8/h1-6H,7H2,(H2,15,18,20). The van der Waals surface area contributed by atoms with Crippen molar-refractivity contribution in [3.63, 3.8) is 0 Å². The molecular weight excluding hydrogens is 310 g/mol. The first-order valence-corrected chi connectivity index (χ1v) is 7.28. The summed E-state index contributed by atoms with van der Waals surface area (Å²) in [4.78, 5) is 11.3. The van der Waals surface area contributed by atoms with E-state index in [1.807, 2.05) is 30.3 Å². The Bertz CT molecular complexity index is 802. The molecule has 3 rings (SSSR count). The molecule has 0 amide bonds. The largest absolute Gasteiger partial charge is 0.376 e. The molecule has 106 valence electrons. The van der Waals surface area contributed by atoms with Gasteiger partial charge in [0.2, 0.25) is 0 Å². The van der Waals surface area contributed by atoms with Gasteiger partial charge in [-0.15, -0.1) is 10.2 Å². The topological polar surface area (TPSA) is 83.6 Å². The maximum absolute atomic E-state index is 11.3. The van der Waals surface area contributed by atoms with Gasteiger partial charge in [0.05, 0.1) is 18.4 Å². The van der Waals surface area contributed by atoms with Crippen LogP contribution in [-0.4, -0.2) is 20.4 Å². The molecule has 0 aliphatic heterocycles. The zero-order chi connectivity index (χ0) is 14.7. The zero-order valence-electron chi connectivity index (χ0n) is 10.7. The van der Waals surface area contributed by atoms with Gasteiger partial charge in [0.1, 0.15) is 15.0 Å². The van der Waals surface area contributed by atoms with Crippen molar-refractivity contribution < 1.29 is 0 Å². The van der Waals surface area contributed by atoms with E-state index in [0.717, 1.165) is 15.6 Å². The van der Waals surface area contributed by atoms with Crippen LogP contribution in [0.1, 0.15) is 5.01 Å². The number of benzene rings is 1. The molecule has 3 aromatic rings. The highest BCUT2D eigenvalue weighted by molar-refractivity contribution is 7.14. The van der Waals surface area contributed by atoms with E-state index in [2.05, 4.69) is 25.7 Å². The number of hydrogen-bond acceptors (Lipinski definition) is 6. The monoisotopic (exact) mass is 319 g/mol. The minimum Gasteiger partial charge on any atom is -0.376 e. The zero-order valence-corrected chi connectivity index (χ0v) is 12.3. The van der Waals surface area contributed by atoms with Gasteiger partial charge in [-0.05, 0) is 0 Å². The van der Waals surface area contributed by atoms with E-state index in [-0.39, 0.29) is 5.02 Å². The predicted octanol–water partition coefficient (Wildman–Crippen LogP) is 2.55. The molecule has 0 aliphatic carbocycles. The highest BCUT2D eigenvalue weighted by Crippen LogP contribution is 2.24. The van der Waals surface area contributed by atoms with Gasteiger partial charge in [0, 0.05) is 5.56 Å². The second kappa shape index (κ2) is 6.02. The molecule has 2 heterocycles. The van der Waals surface area contributed by atoms with Crippen LogP contribution in [0.4, 0.5) is 5.69 Å². The number of aromatic amines is 1. The number of halogens is 1. The van der Waals surface area contributed by atoms with Crippen LogP contribution < -0.4 is 10.9 Å². The third-order valence-electron chi connectivity index (χ3n) is 2.71. The minimum absolute atomic E-state index is 0.0813. The lowest BCUT2D eigenvalue weighted by Gasteiger charge is -2.03. The first kappa shape index (κ1) is 13.7. The molecule has 2 N–H and O–H groups in total. The average Bonchev–Trinajstić information content (AvgIpc) is 2.99. The normalized spacial score (nSPS) is 10.5. The maximum atomic E-state index is 11.3. The van der Waals surface area contributed by atoms with Gasteiger partial charge in [-0.1, -0.05) is 53.3 Å². The fourth-order valence-electron chi connectivity index (χ4n) is 1.70. The molecule has 0 saturated carbocycles. The van der Waals surface area contributed by atoms with Crippen molar-refractivity contribution in [2.75, 3.05) is 5.32 Å². The van der Waals surface area contributed by atoms with Crippen LogP contribution in [0.2, 0.25) is 5.02 Å². The first-order valence-electron chi connectivity index (χ1n) is 6.09. The van der Waals surface area contributed by atoms with Crippen LogP contribution in [0.25, 0.3) is 10.6 Å². The second-order valence-corrected chi connectivity index (χ2v) is 5.59. The smallest absolute Gasteiger partial charge is 0.285 e. The van der Waals surface area contributed by atoms with Gasteiger partial charge in [0.25, 0.3) is 5.56 Å². The summed E-state index contributed by atoms with van der Waals surface area (Å²) in [5.41, 5.74) is 1.07. The van der Waals surface area contributed by atoms with Crippen molar-refractivity contribution in [1.82, 2.24) is 20.4 Å². The Labute approximate surface area is 128 Å². The number of nitrogens with one attached hydrogen (secondary N) is 2. The van der Waals surface area contributed by atoms with Crippen molar-refractivity contribution in [1.29, 1.82) is 0 Å². The molecule has 21 heavy (non-hydrogen) atoms. The fourth-order valence-corrected chi connectivity index (χ4v) is 2.64. The first-order chi connectivity index (χ1) is 10.2. The van der Waals surface area contributed by atoms with Crippen LogP contribution >= 0.6 is 22.9 Å². The molecule has 0 radical (unpaired) electrons.